The number of H-pyrrole nitrogens is 1. The fourth-order valence-electron chi connectivity index (χ4n) is 2.20. The molecule has 2 rings (SSSR count). The third kappa shape index (κ3) is 6.40. The van der Waals surface area contributed by atoms with Crippen LogP contribution in [0, 0.1) is 0 Å². The molecule has 23 heavy (non-hydrogen) atoms. The van der Waals surface area contributed by atoms with Crippen LogP contribution in [0.5, 0.6) is 0 Å². The molecule has 1 heterocycles. The molecule has 0 amide bonds. The average molecular weight is 314 g/mol. The van der Waals surface area contributed by atoms with E-state index in [2.05, 4.69) is 32.8 Å². The normalized spacial score (nSPS) is 11.0. The van der Waals surface area contributed by atoms with Crippen molar-refractivity contribution in [1.29, 1.82) is 0 Å². The van der Waals surface area contributed by atoms with Crippen molar-refractivity contribution in [3.05, 3.63) is 72.1 Å². The minimum Gasteiger partial charge on any atom is -0.438 e. The lowest BCUT2D eigenvalue weighted by atomic mass is 10.2. The molecule has 122 valence electrons. The Hall–Kier alpha value is -2.53. The van der Waals surface area contributed by atoms with Gasteiger partial charge < -0.3 is 14.5 Å². The summed E-state index contributed by atoms with van der Waals surface area (Å²) in [6, 6.07) is 14.4. The summed E-state index contributed by atoms with van der Waals surface area (Å²) in [4.78, 5) is 16.4. The van der Waals surface area contributed by atoms with Crippen LogP contribution >= 0.6 is 0 Å². The molecule has 0 saturated carbocycles. The zero-order valence-corrected chi connectivity index (χ0v) is 13.3. The van der Waals surface area contributed by atoms with Crippen LogP contribution in [-0.2, 0) is 22.6 Å². The predicted molar refractivity (Wildman–Crippen MR) is 88.8 cm³/mol. The maximum Gasteiger partial charge on any atom is 0.508 e. The smallest absolute Gasteiger partial charge is 0.438 e. The number of aromatic nitrogens is 1. The number of aromatic amines is 1. The molecular formula is C18H22N2O3. The van der Waals surface area contributed by atoms with Crippen molar-refractivity contribution in [3.63, 3.8) is 0 Å². The molecule has 0 fully saturated rings. The maximum atomic E-state index is 10.9. The molecule has 0 bridgehead atoms. The van der Waals surface area contributed by atoms with E-state index in [0.29, 0.717) is 0 Å². The molecule has 0 atom stereocenters. The molecule has 5 heteroatoms. The van der Waals surface area contributed by atoms with Gasteiger partial charge in [0.15, 0.2) is 0 Å². The lowest BCUT2D eigenvalue weighted by molar-refractivity contribution is 0.0817. The lowest BCUT2D eigenvalue weighted by Gasteiger charge is -2.20. The van der Waals surface area contributed by atoms with Crippen molar-refractivity contribution in [2.24, 2.45) is 0 Å². The van der Waals surface area contributed by atoms with Gasteiger partial charge in [0.1, 0.15) is 6.61 Å². The average Bonchev–Trinajstić information content (AvgIpc) is 3.08. The van der Waals surface area contributed by atoms with Gasteiger partial charge in [-0.2, -0.15) is 0 Å². The molecule has 5 nitrogen and oxygen atoms in total. The van der Waals surface area contributed by atoms with E-state index in [-0.39, 0.29) is 6.61 Å². The van der Waals surface area contributed by atoms with Gasteiger partial charge in [0, 0.05) is 31.5 Å². The fraction of sp³-hybridized carbons (Fsp3) is 0.278. The Kier molecular flexibility index (Phi) is 6.94. The second-order valence-electron chi connectivity index (χ2n) is 5.09. The minimum atomic E-state index is -0.665. The van der Waals surface area contributed by atoms with E-state index >= 15 is 0 Å². The van der Waals surface area contributed by atoms with E-state index in [4.69, 9.17) is 4.74 Å². The highest BCUT2D eigenvalue weighted by Crippen LogP contribution is 2.08. The van der Waals surface area contributed by atoms with E-state index in [1.54, 1.807) is 0 Å². The Balaban J connectivity index is 1.88. The van der Waals surface area contributed by atoms with Crippen LogP contribution in [0.15, 0.2) is 60.8 Å². The van der Waals surface area contributed by atoms with Crippen LogP contribution in [-0.4, -0.2) is 36.3 Å². The summed E-state index contributed by atoms with van der Waals surface area (Å²) >= 11 is 0. The Morgan fingerprint density at radius 1 is 1.13 bits per heavy atom. The lowest BCUT2D eigenvalue weighted by Crippen LogP contribution is -2.23. The van der Waals surface area contributed by atoms with E-state index in [1.807, 2.05) is 42.6 Å². The molecule has 1 aromatic carbocycles. The largest absolute Gasteiger partial charge is 0.508 e. The molecule has 0 aliphatic carbocycles. The van der Waals surface area contributed by atoms with Gasteiger partial charge >= 0.3 is 6.16 Å². The molecule has 2 aromatic rings. The highest BCUT2D eigenvalue weighted by atomic mass is 16.7. The molecule has 1 aromatic heterocycles. The van der Waals surface area contributed by atoms with E-state index in [0.717, 1.165) is 19.6 Å². The van der Waals surface area contributed by atoms with Gasteiger partial charge in [0.2, 0.25) is 0 Å². The van der Waals surface area contributed by atoms with Crippen molar-refractivity contribution >= 4 is 6.16 Å². The van der Waals surface area contributed by atoms with Gasteiger partial charge in [-0.25, -0.2) is 4.79 Å². The topological polar surface area (TPSA) is 54.6 Å². The second kappa shape index (κ2) is 9.48. The Morgan fingerprint density at radius 2 is 1.96 bits per heavy atom. The maximum absolute atomic E-state index is 10.9. The zero-order valence-electron chi connectivity index (χ0n) is 13.3. The van der Waals surface area contributed by atoms with Crippen LogP contribution in [0.3, 0.4) is 0 Å². The summed E-state index contributed by atoms with van der Waals surface area (Å²) in [6.07, 6.45) is 5.08. The monoisotopic (exact) mass is 314 g/mol. The second-order valence-corrected chi connectivity index (χ2v) is 5.09. The minimum absolute atomic E-state index is 0.217. The van der Waals surface area contributed by atoms with Crippen LogP contribution < -0.4 is 0 Å². The van der Waals surface area contributed by atoms with E-state index < -0.39 is 6.16 Å². The summed E-state index contributed by atoms with van der Waals surface area (Å²) in [7, 11) is 1.30. The number of nitrogens with one attached hydrogen (secondary N) is 1. The number of hydrogen-bond donors (Lipinski definition) is 1. The predicted octanol–water partition coefficient (Wildman–Crippen LogP) is 3.36. The number of carbonyl (C=O) groups is 1. The fourth-order valence-corrected chi connectivity index (χ4v) is 2.20. The van der Waals surface area contributed by atoms with Crippen molar-refractivity contribution in [1.82, 2.24) is 9.88 Å². The van der Waals surface area contributed by atoms with Crippen molar-refractivity contribution in [2.75, 3.05) is 20.3 Å². The number of hydrogen-bond acceptors (Lipinski definition) is 4. The highest BCUT2D eigenvalue weighted by molar-refractivity contribution is 5.59. The van der Waals surface area contributed by atoms with Crippen molar-refractivity contribution in [3.8, 4) is 0 Å². The van der Waals surface area contributed by atoms with Gasteiger partial charge in [0.05, 0.1) is 7.11 Å². The first-order valence-electron chi connectivity index (χ1n) is 7.52. The van der Waals surface area contributed by atoms with E-state index in [9.17, 15) is 4.79 Å². The summed E-state index contributed by atoms with van der Waals surface area (Å²) < 4.78 is 9.24. The first-order chi connectivity index (χ1) is 11.3. The van der Waals surface area contributed by atoms with Gasteiger partial charge in [-0.3, -0.25) is 4.90 Å². The summed E-state index contributed by atoms with van der Waals surface area (Å²) in [5.41, 5.74) is 2.43. The highest BCUT2D eigenvalue weighted by Gasteiger charge is 2.06. The number of nitrogens with zero attached hydrogens (tertiary/aromatic N) is 1. The molecule has 0 aliphatic heterocycles. The summed E-state index contributed by atoms with van der Waals surface area (Å²) in [6.45, 7) is 2.65. The van der Waals surface area contributed by atoms with Crippen LogP contribution in [0.2, 0.25) is 0 Å². The number of carbonyl (C=O) groups excluding carboxylic acids is 1. The number of rotatable bonds is 8. The van der Waals surface area contributed by atoms with Crippen molar-refractivity contribution in [2.45, 2.75) is 13.1 Å². The SMILES string of the molecule is COC(=O)OC/C=C/CN(Cc1ccccc1)Cc1ccc[nH]1. The third-order valence-corrected chi connectivity index (χ3v) is 3.30. The van der Waals surface area contributed by atoms with Gasteiger partial charge in [-0.15, -0.1) is 0 Å². The zero-order chi connectivity index (χ0) is 16.3. The third-order valence-electron chi connectivity index (χ3n) is 3.30. The molecular weight excluding hydrogens is 292 g/mol. The standard InChI is InChI=1S/C18H22N2O3/c1-22-18(21)23-13-6-5-12-20(15-17-10-7-11-19-17)14-16-8-3-2-4-9-16/h2-11,19H,12-15H2,1H3/b6-5+. The summed E-state index contributed by atoms with van der Waals surface area (Å²) in [5.74, 6) is 0. The van der Waals surface area contributed by atoms with E-state index in [1.165, 1.54) is 18.4 Å². The van der Waals surface area contributed by atoms with Gasteiger partial charge in [0.25, 0.3) is 0 Å². The van der Waals surface area contributed by atoms with Gasteiger partial charge in [-0.1, -0.05) is 36.4 Å². The number of benzene rings is 1. The van der Waals surface area contributed by atoms with Crippen LogP contribution in [0.4, 0.5) is 4.79 Å². The molecule has 1 N–H and O–H groups in total. The first-order valence-corrected chi connectivity index (χ1v) is 7.52. The summed E-state index contributed by atoms with van der Waals surface area (Å²) in [5, 5.41) is 0. The number of methoxy groups -OCH3 is 1. The Bertz CT molecular complexity index is 594. The Morgan fingerprint density at radius 3 is 2.65 bits per heavy atom. The van der Waals surface area contributed by atoms with Crippen molar-refractivity contribution < 1.29 is 14.3 Å². The molecule has 0 unspecified atom stereocenters. The first kappa shape index (κ1) is 16.8. The molecule has 0 spiro atoms. The number of ether oxygens (including phenoxy) is 2. The van der Waals surface area contributed by atoms with Crippen LogP contribution in [0.25, 0.3) is 0 Å². The molecule has 0 saturated heterocycles. The molecule has 0 aliphatic rings. The molecule has 0 radical (unpaired) electrons. The van der Waals surface area contributed by atoms with Gasteiger partial charge in [-0.05, 0) is 23.8 Å². The quantitative estimate of drug-likeness (QED) is 0.599. The van der Waals surface area contributed by atoms with Crippen LogP contribution in [0.1, 0.15) is 11.3 Å². The Labute approximate surface area is 136 Å².